The molecule has 0 aliphatic carbocycles. The van der Waals surface area contributed by atoms with Crippen molar-refractivity contribution >= 4 is 31.3 Å². The zero-order valence-electron chi connectivity index (χ0n) is 7.39. The van der Waals surface area contributed by atoms with Crippen LogP contribution in [0.25, 0.3) is 0 Å². The van der Waals surface area contributed by atoms with Crippen molar-refractivity contribution in [1.29, 1.82) is 0 Å². The first-order chi connectivity index (χ1) is 7.57. The van der Waals surface area contributed by atoms with E-state index in [-0.39, 0.29) is 0 Å². The third-order valence-electron chi connectivity index (χ3n) is 1.10. The van der Waals surface area contributed by atoms with Crippen molar-refractivity contribution < 1.29 is 51.9 Å². The summed E-state index contributed by atoms with van der Waals surface area (Å²) in [6, 6.07) is 0. The molecule has 7 nitrogen and oxygen atoms in total. The molecule has 0 rings (SSSR count). The zero-order valence-corrected chi connectivity index (χ0v) is 9.84. The number of rotatable bonds is 3. The predicted octanol–water partition coefficient (Wildman–Crippen LogP) is -0.218. The van der Waals surface area contributed by atoms with E-state index in [9.17, 15) is 51.9 Å². The third kappa shape index (κ3) is 2.92. The van der Waals surface area contributed by atoms with Crippen LogP contribution in [0.5, 0.6) is 0 Å². The van der Waals surface area contributed by atoms with Crippen LogP contribution in [0, 0.1) is 0 Å². The summed E-state index contributed by atoms with van der Waals surface area (Å²) in [4.78, 5) is 0. The number of halogens is 6. The summed E-state index contributed by atoms with van der Waals surface area (Å²) < 4.78 is 130. The minimum atomic E-state index is -7.27. The van der Waals surface area contributed by atoms with Crippen molar-refractivity contribution in [2.45, 2.75) is 11.0 Å². The van der Waals surface area contributed by atoms with Gasteiger partial charge in [-0.3, -0.25) is 4.21 Å². The second-order valence-corrected chi connectivity index (χ2v) is 7.33. The summed E-state index contributed by atoms with van der Waals surface area (Å²) in [6.45, 7) is 0. The normalized spacial score (nSPS) is 16.9. The highest BCUT2D eigenvalue weighted by Gasteiger charge is 2.62. The molecule has 0 heterocycles. The molecule has 18 heavy (non-hydrogen) atoms. The standard InChI is InChI=1S/C2HF6NO6S3/c3-1(4,5)17(12,13)9(16(10)11)18(14,15)2(6,7)8/h(H,10,11)/p-1. The van der Waals surface area contributed by atoms with Gasteiger partial charge in [0.1, 0.15) is 0 Å². The Hall–Kier alpha value is -0.450. The highest BCUT2D eigenvalue weighted by molar-refractivity contribution is 8.14. The van der Waals surface area contributed by atoms with Crippen LogP contribution in [0.1, 0.15) is 0 Å². The van der Waals surface area contributed by atoms with Gasteiger partial charge >= 0.3 is 31.1 Å². The summed E-state index contributed by atoms with van der Waals surface area (Å²) >= 11 is -4.87. The van der Waals surface area contributed by atoms with Gasteiger partial charge in [-0.05, 0) is 3.12 Å². The number of nitrogens with zero attached hydrogens (tertiary/aromatic N) is 1. The first kappa shape index (κ1) is 17.6. The molecule has 0 bridgehead atoms. The van der Waals surface area contributed by atoms with Gasteiger partial charge in [0.2, 0.25) is 0 Å². The van der Waals surface area contributed by atoms with Crippen molar-refractivity contribution in [3.63, 3.8) is 0 Å². The molecule has 16 heteroatoms. The maximum absolute atomic E-state index is 11.8. The highest BCUT2D eigenvalue weighted by Crippen LogP contribution is 2.35. The molecule has 0 amide bonds. The molecule has 0 aromatic heterocycles. The number of sulfonamides is 2. The molecule has 0 N–H and O–H groups in total. The summed E-state index contributed by atoms with van der Waals surface area (Å²) in [5, 5.41) is 0. The zero-order chi connectivity index (χ0) is 15.2. The topological polar surface area (TPSA) is 112 Å². The van der Waals surface area contributed by atoms with Gasteiger partial charge in [-0.2, -0.15) is 26.3 Å². The quantitative estimate of drug-likeness (QED) is 0.517. The fourth-order valence-corrected chi connectivity index (χ4v) is 4.13. The van der Waals surface area contributed by atoms with E-state index in [4.69, 9.17) is 0 Å². The molecule has 1 unspecified atom stereocenters. The Labute approximate surface area is 97.9 Å². The first-order valence-corrected chi connectivity index (χ1v) is 7.00. The largest absolute Gasteiger partial charge is 0.758 e. The fourth-order valence-electron chi connectivity index (χ4n) is 0.458. The molecule has 110 valence electrons. The molecular weight excluding hydrogens is 344 g/mol. The second-order valence-electron chi connectivity index (χ2n) is 2.28. The lowest BCUT2D eigenvalue weighted by molar-refractivity contribution is -0.0507. The Morgan fingerprint density at radius 2 is 1.06 bits per heavy atom. The van der Waals surface area contributed by atoms with Crippen molar-refractivity contribution in [2.24, 2.45) is 0 Å². The van der Waals surface area contributed by atoms with Gasteiger partial charge in [0.05, 0.1) is 11.3 Å². The lowest BCUT2D eigenvalue weighted by atomic mass is 11.6. The minimum Gasteiger partial charge on any atom is -0.758 e. The average Bonchev–Trinajstić information content (AvgIpc) is 1.96. The van der Waals surface area contributed by atoms with E-state index in [1.807, 2.05) is 0 Å². The van der Waals surface area contributed by atoms with Gasteiger partial charge in [0.25, 0.3) is 0 Å². The highest BCUT2D eigenvalue weighted by atomic mass is 32.3. The smallest absolute Gasteiger partial charge is 0.513 e. The van der Waals surface area contributed by atoms with E-state index < -0.39 is 45.4 Å². The van der Waals surface area contributed by atoms with Crippen molar-refractivity contribution in [1.82, 2.24) is 3.12 Å². The Balaban J connectivity index is 6.23. The Morgan fingerprint density at radius 1 is 0.833 bits per heavy atom. The van der Waals surface area contributed by atoms with E-state index in [1.54, 1.807) is 0 Å². The van der Waals surface area contributed by atoms with Crippen LogP contribution in [-0.4, -0.2) is 39.7 Å². The lowest BCUT2D eigenvalue weighted by Crippen LogP contribution is -2.49. The summed E-state index contributed by atoms with van der Waals surface area (Å²) in [5.41, 5.74) is -13.1. The van der Waals surface area contributed by atoms with Crippen LogP contribution < -0.4 is 0 Å². The maximum Gasteiger partial charge on any atom is 0.513 e. The van der Waals surface area contributed by atoms with Crippen LogP contribution in [0.2, 0.25) is 0 Å². The predicted molar refractivity (Wildman–Crippen MR) is 40.7 cm³/mol. The molecule has 0 saturated carbocycles. The molecule has 0 aromatic rings. The molecule has 1 atom stereocenters. The molecule has 0 aromatic carbocycles. The van der Waals surface area contributed by atoms with E-state index in [2.05, 4.69) is 0 Å². The average molecular weight is 344 g/mol. The molecule has 0 spiro atoms. The van der Waals surface area contributed by atoms with Crippen LogP contribution >= 0.6 is 0 Å². The lowest BCUT2D eigenvalue weighted by Gasteiger charge is -2.24. The van der Waals surface area contributed by atoms with Crippen LogP contribution in [0.15, 0.2) is 0 Å². The Morgan fingerprint density at radius 3 is 1.17 bits per heavy atom. The van der Waals surface area contributed by atoms with Gasteiger partial charge in [-0.1, -0.05) is 0 Å². The summed E-state index contributed by atoms with van der Waals surface area (Å²) in [5.74, 6) is 0. The maximum atomic E-state index is 11.8. The van der Waals surface area contributed by atoms with Gasteiger partial charge in [-0.25, -0.2) is 16.8 Å². The van der Waals surface area contributed by atoms with Crippen molar-refractivity contribution in [3.8, 4) is 0 Å². The fraction of sp³-hybridized carbons (Fsp3) is 1.00. The first-order valence-electron chi connectivity index (χ1n) is 3.09. The van der Waals surface area contributed by atoms with E-state index >= 15 is 0 Å². The molecular formula is C2F6NO6S3-. The third-order valence-corrected chi connectivity index (χ3v) is 6.38. The van der Waals surface area contributed by atoms with E-state index in [1.165, 1.54) is 0 Å². The van der Waals surface area contributed by atoms with Crippen LogP contribution in [-0.2, 0) is 31.3 Å². The SMILES string of the molecule is O=S([O-])N(S(=O)(=O)C(F)(F)F)S(=O)(=O)C(F)(F)F. The molecule has 0 aliphatic rings. The summed E-state index contributed by atoms with van der Waals surface area (Å²) in [6.07, 6.45) is 0. The molecule has 0 fully saturated rings. The Kier molecular flexibility index (Phi) is 4.47. The molecule has 0 saturated heterocycles. The van der Waals surface area contributed by atoms with Gasteiger partial charge in [-0.15, -0.1) is 0 Å². The number of hydrogen-bond donors (Lipinski definition) is 0. The minimum absolute atomic E-state index is 2.68. The second kappa shape index (κ2) is 4.58. The monoisotopic (exact) mass is 344 g/mol. The number of hydrogen-bond acceptors (Lipinski definition) is 6. The summed E-state index contributed by atoms with van der Waals surface area (Å²) in [7, 11) is -14.5. The molecule has 0 aliphatic heterocycles. The van der Waals surface area contributed by atoms with Gasteiger partial charge in [0.15, 0.2) is 0 Å². The van der Waals surface area contributed by atoms with Gasteiger partial charge < -0.3 is 4.55 Å². The van der Waals surface area contributed by atoms with E-state index in [0.717, 1.165) is 0 Å². The van der Waals surface area contributed by atoms with Crippen LogP contribution in [0.3, 0.4) is 0 Å². The van der Waals surface area contributed by atoms with E-state index in [0.29, 0.717) is 0 Å². The van der Waals surface area contributed by atoms with Gasteiger partial charge in [0, 0.05) is 0 Å². The number of alkyl halides is 6. The molecule has 0 radical (unpaired) electrons. The Bertz CT molecular complexity index is 497. The van der Waals surface area contributed by atoms with Crippen LogP contribution in [0.4, 0.5) is 26.3 Å². The van der Waals surface area contributed by atoms with Crippen molar-refractivity contribution in [2.75, 3.05) is 0 Å². The van der Waals surface area contributed by atoms with Crippen molar-refractivity contribution in [3.05, 3.63) is 0 Å².